The first-order valence-electron chi connectivity index (χ1n) is 21.0. The Morgan fingerprint density at radius 1 is 0.525 bits per heavy atom. The molecular formula is C56H47N3OS. The fourth-order valence-corrected chi connectivity index (χ4v) is 9.94. The quantitative estimate of drug-likeness (QED) is 0.182. The van der Waals surface area contributed by atoms with Crippen molar-refractivity contribution in [3.05, 3.63) is 181 Å². The Morgan fingerprint density at radius 2 is 1.16 bits per heavy atom. The standard InChI is InChI=1S/C56H47N3OS/c1-55(2,3)38-33-44(53(60)45(34-38)56(4,5)6)54-58-51-41(43-31-37(46-27-15-16-30-57-46)32-49-50(43)42-23-13-14-29-48(42)61-49)26-18-28-47(51)59(54)52-39(35-19-9-7-10-20-35)24-17-25-40(52)36-21-11-8-12-22-36/h7-34,60H,1-6H3. The molecule has 0 saturated heterocycles. The summed E-state index contributed by atoms with van der Waals surface area (Å²) in [6.45, 7) is 13.2. The highest BCUT2D eigenvalue weighted by Gasteiger charge is 2.30. The van der Waals surface area contributed by atoms with Crippen LogP contribution in [0.4, 0.5) is 0 Å². The predicted molar refractivity (Wildman–Crippen MR) is 258 cm³/mol. The molecule has 1 N–H and O–H groups in total. The van der Waals surface area contributed by atoms with Crippen molar-refractivity contribution in [1.29, 1.82) is 0 Å². The second-order valence-electron chi connectivity index (χ2n) is 18.0. The molecule has 4 nitrogen and oxygen atoms in total. The van der Waals surface area contributed by atoms with Crippen molar-refractivity contribution in [3.63, 3.8) is 0 Å². The summed E-state index contributed by atoms with van der Waals surface area (Å²) in [6, 6.07) is 58.0. The molecule has 0 atom stereocenters. The molecule has 298 valence electrons. The van der Waals surface area contributed by atoms with Gasteiger partial charge in [0.2, 0.25) is 0 Å². The number of phenolic OH excluding ortho intramolecular Hbond substituents is 1. The Kier molecular flexibility index (Phi) is 9.26. The molecule has 0 spiro atoms. The van der Waals surface area contributed by atoms with Crippen molar-refractivity contribution in [1.82, 2.24) is 14.5 Å². The summed E-state index contributed by atoms with van der Waals surface area (Å²) in [5.74, 6) is 0.935. The van der Waals surface area contributed by atoms with Gasteiger partial charge in [-0.15, -0.1) is 11.3 Å². The predicted octanol–water partition coefficient (Wildman–Crippen LogP) is 15.4. The maximum atomic E-state index is 12.7. The van der Waals surface area contributed by atoms with E-state index >= 15 is 0 Å². The highest BCUT2D eigenvalue weighted by Crippen LogP contribution is 2.49. The summed E-state index contributed by atoms with van der Waals surface area (Å²) in [5.41, 5.74) is 13.4. The van der Waals surface area contributed by atoms with Crippen LogP contribution in [-0.2, 0) is 10.8 Å². The van der Waals surface area contributed by atoms with Crippen LogP contribution in [0.15, 0.2) is 170 Å². The number of pyridine rings is 1. The molecule has 0 bridgehead atoms. The summed E-state index contributed by atoms with van der Waals surface area (Å²) in [6.07, 6.45) is 1.86. The average molecular weight is 810 g/mol. The van der Waals surface area contributed by atoms with Crippen molar-refractivity contribution < 1.29 is 5.11 Å². The van der Waals surface area contributed by atoms with E-state index in [0.717, 1.165) is 72.5 Å². The number of benzene rings is 7. The van der Waals surface area contributed by atoms with Crippen LogP contribution in [0.2, 0.25) is 0 Å². The lowest BCUT2D eigenvalue weighted by atomic mass is 9.79. The Balaban J connectivity index is 1.39. The monoisotopic (exact) mass is 809 g/mol. The van der Waals surface area contributed by atoms with Gasteiger partial charge in [-0.05, 0) is 75.5 Å². The summed E-state index contributed by atoms with van der Waals surface area (Å²) in [7, 11) is 0. The molecule has 0 amide bonds. The van der Waals surface area contributed by atoms with E-state index in [2.05, 4.69) is 198 Å². The summed E-state index contributed by atoms with van der Waals surface area (Å²) in [5, 5.41) is 15.1. The van der Waals surface area contributed by atoms with Crippen LogP contribution in [0.3, 0.4) is 0 Å². The van der Waals surface area contributed by atoms with E-state index in [1.165, 1.54) is 20.2 Å². The van der Waals surface area contributed by atoms with Gasteiger partial charge in [0.1, 0.15) is 11.6 Å². The molecular weight excluding hydrogens is 763 g/mol. The number of thiophene rings is 1. The number of rotatable bonds is 6. The minimum absolute atomic E-state index is 0.195. The second kappa shape index (κ2) is 14.7. The van der Waals surface area contributed by atoms with Gasteiger partial charge in [-0.3, -0.25) is 9.55 Å². The molecule has 0 radical (unpaired) electrons. The third-order valence-corrected chi connectivity index (χ3v) is 13.0. The highest BCUT2D eigenvalue weighted by atomic mass is 32.1. The highest BCUT2D eigenvalue weighted by molar-refractivity contribution is 7.26. The van der Waals surface area contributed by atoms with Gasteiger partial charge in [-0.1, -0.05) is 163 Å². The molecule has 10 rings (SSSR count). The maximum Gasteiger partial charge on any atom is 0.149 e. The normalized spacial score (nSPS) is 12.2. The molecule has 0 aliphatic heterocycles. The van der Waals surface area contributed by atoms with Gasteiger partial charge in [0.25, 0.3) is 0 Å². The molecule has 0 aliphatic rings. The topological polar surface area (TPSA) is 50.9 Å². The van der Waals surface area contributed by atoms with Crippen LogP contribution in [-0.4, -0.2) is 19.6 Å². The van der Waals surface area contributed by atoms with Gasteiger partial charge >= 0.3 is 0 Å². The number of hydrogen-bond donors (Lipinski definition) is 1. The Labute approximate surface area is 361 Å². The number of aromatic nitrogens is 3. The zero-order chi connectivity index (χ0) is 42.0. The van der Waals surface area contributed by atoms with E-state index in [4.69, 9.17) is 9.97 Å². The van der Waals surface area contributed by atoms with Crippen molar-refractivity contribution >= 4 is 42.5 Å². The number of aromatic hydroxyl groups is 1. The molecule has 0 aliphatic carbocycles. The van der Waals surface area contributed by atoms with Crippen LogP contribution < -0.4 is 0 Å². The van der Waals surface area contributed by atoms with E-state index in [1.807, 2.05) is 29.7 Å². The van der Waals surface area contributed by atoms with Crippen LogP contribution >= 0.6 is 11.3 Å². The maximum absolute atomic E-state index is 12.7. The lowest BCUT2D eigenvalue weighted by Crippen LogP contribution is -2.17. The van der Waals surface area contributed by atoms with E-state index < -0.39 is 0 Å². The lowest BCUT2D eigenvalue weighted by Gasteiger charge is -2.28. The molecule has 3 aromatic heterocycles. The number of imidazole rings is 1. The number of para-hydroxylation sites is 2. The molecule has 0 unspecified atom stereocenters. The van der Waals surface area contributed by atoms with Crippen LogP contribution in [0.25, 0.3) is 92.9 Å². The van der Waals surface area contributed by atoms with Gasteiger partial charge in [0.15, 0.2) is 0 Å². The second-order valence-corrected chi connectivity index (χ2v) is 19.1. The fourth-order valence-electron chi connectivity index (χ4n) is 8.77. The molecule has 7 aromatic carbocycles. The minimum atomic E-state index is -0.337. The minimum Gasteiger partial charge on any atom is -0.507 e. The van der Waals surface area contributed by atoms with Gasteiger partial charge in [0.05, 0.1) is 28.0 Å². The Morgan fingerprint density at radius 3 is 1.82 bits per heavy atom. The molecule has 61 heavy (non-hydrogen) atoms. The molecule has 5 heteroatoms. The number of fused-ring (bicyclic) bond motifs is 4. The first kappa shape index (κ1) is 38.4. The van der Waals surface area contributed by atoms with E-state index in [9.17, 15) is 5.11 Å². The van der Waals surface area contributed by atoms with Gasteiger partial charge in [-0.2, -0.15) is 0 Å². The largest absolute Gasteiger partial charge is 0.507 e. The zero-order valence-corrected chi connectivity index (χ0v) is 36.2. The van der Waals surface area contributed by atoms with Crippen LogP contribution in [0, 0.1) is 0 Å². The summed E-state index contributed by atoms with van der Waals surface area (Å²) < 4.78 is 4.75. The fraction of sp³-hybridized carbons (Fsp3) is 0.143. The van der Waals surface area contributed by atoms with E-state index in [0.29, 0.717) is 11.4 Å². The third-order valence-electron chi connectivity index (χ3n) is 11.9. The zero-order valence-electron chi connectivity index (χ0n) is 35.4. The Bertz CT molecular complexity index is 3200. The SMILES string of the molecule is CC(C)(C)c1cc(-c2nc3c(-c4cc(-c5ccccn5)cc5sc6ccccc6c45)cccc3n2-c2c(-c3ccccc3)cccc2-c2ccccc2)c(O)c(C(C)(C)C)c1. The average Bonchev–Trinajstić information content (AvgIpc) is 3.85. The van der Waals surface area contributed by atoms with Crippen molar-refractivity contribution in [2.24, 2.45) is 0 Å². The van der Waals surface area contributed by atoms with Crippen LogP contribution in [0.5, 0.6) is 5.75 Å². The van der Waals surface area contributed by atoms with Gasteiger partial charge in [0, 0.05) is 54.2 Å². The molecule has 3 heterocycles. The number of hydrogen-bond acceptors (Lipinski definition) is 4. The van der Waals surface area contributed by atoms with E-state index in [1.54, 1.807) is 0 Å². The number of phenols is 1. The molecule has 10 aromatic rings. The summed E-state index contributed by atoms with van der Waals surface area (Å²) in [4.78, 5) is 10.6. The lowest BCUT2D eigenvalue weighted by molar-refractivity contribution is 0.446. The van der Waals surface area contributed by atoms with Crippen molar-refractivity contribution in [2.45, 2.75) is 52.4 Å². The van der Waals surface area contributed by atoms with Crippen LogP contribution in [0.1, 0.15) is 52.7 Å². The van der Waals surface area contributed by atoms with Gasteiger partial charge < -0.3 is 5.11 Å². The number of nitrogens with zero attached hydrogens (tertiary/aromatic N) is 3. The molecule has 0 saturated carbocycles. The Hall–Kier alpha value is -6.82. The van der Waals surface area contributed by atoms with Crippen molar-refractivity contribution in [2.75, 3.05) is 0 Å². The van der Waals surface area contributed by atoms with E-state index in [-0.39, 0.29) is 16.6 Å². The first-order chi connectivity index (χ1) is 29.5. The first-order valence-corrected chi connectivity index (χ1v) is 21.8. The third kappa shape index (κ3) is 6.70. The summed E-state index contributed by atoms with van der Waals surface area (Å²) >= 11 is 1.81. The van der Waals surface area contributed by atoms with Gasteiger partial charge in [-0.25, -0.2) is 4.98 Å². The van der Waals surface area contributed by atoms with Crippen molar-refractivity contribution in [3.8, 4) is 67.5 Å². The molecule has 0 fully saturated rings. The smallest absolute Gasteiger partial charge is 0.149 e.